The molecular weight excluding hydrogens is 490 g/mol. The largest absolute Gasteiger partial charge is 0.493 e. The van der Waals surface area contributed by atoms with Crippen molar-refractivity contribution in [3.05, 3.63) is 89.2 Å². The van der Waals surface area contributed by atoms with Gasteiger partial charge in [-0.3, -0.25) is 4.79 Å². The number of carbonyl (C=O) groups is 1. The van der Waals surface area contributed by atoms with E-state index in [0.29, 0.717) is 24.4 Å². The summed E-state index contributed by atoms with van der Waals surface area (Å²) in [7, 11) is 3.28. The second-order valence-corrected chi connectivity index (χ2v) is 9.36. The van der Waals surface area contributed by atoms with Gasteiger partial charge in [-0.1, -0.05) is 0 Å². The average Bonchev–Trinajstić information content (AvgIpc) is 3.64. The zero-order valence-electron chi connectivity index (χ0n) is 21.5. The molecule has 7 nitrogen and oxygen atoms in total. The number of amides is 1. The van der Waals surface area contributed by atoms with E-state index >= 15 is 0 Å². The Morgan fingerprint density at radius 1 is 0.868 bits per heavy atom. The lowest BCUT2D eigenvalue weighted by Gasteiger charge is -2.29. The number of hydrogen-bond donors (Lipinski definition) is 0. The summed E-state index contributed by atoms with van der Waals surface area (Å²) in [6.45, 7) is 3.37. The highest BCUT2D eigenvalue weighted by molar-refractivity contribution is 6.01. The van der Waals surface area contributed by atoms with Gasteiger partial charge in [0.2, 0.25) is 0 Å². The molecule has 2 aliphatic heterocycles. The van der Waals surface area contributed by atoms with Crippen LogP contribution in [-0.2, 0) is 13.0 Å². The predicted molar refractivity (Wildman–Crippen MR) is 141 cm³/mol. The minimum Gasteiger partial charge on any atom is -0.493 e. The number of ether oxygens (including phenoxy) is 2. The van der Waals surface area contributed by atoms with Crippen LogP contribution in [0.2, 0.25) is 0 Å². The van der Waals surface area contributed by atoms with Gasteiger partial charge in [0.25, 0.3) is 5.91 Å². The van der Waals surface area contributed by atoms with Gasteiger partial charge >= 0.3 is 0 Å². The first kappa shape index (κ1) is 25.5. The van der Waals surface area contributed by atoms with Crippen molar-refractivity contribution in [2.75, 3.05) is 38.8 Å². The van der Waals surface area contributed by atoms with Crippen LogP contribution in [0.15, 0.2) is 60.9 Å². The standard InChI is InChI=1S/C23H26N4O3.C6H4F2/c1-29-21-11-16-5-9-26(15-17(16)12-22(21)30-2)23(28)19-14-24-27-10-6-18(13-20(19)27)25-7-3-4-8-25;7-5-1-2-6(8)4-3-5/h6,10-14H,3-5,7-9,15H2,1-2H3;1-4H. The lowest BCUT2D eigenvalue weighted by molar-refractivity contribution is 0.0736. The number of fused-ring (bicyclic) bond motifs is 2. The zero-order valence-corrected chi connectivity index (χ0v) is 21.5. The summed E-state index contributed by atoms with van der Waals surface area (Å²) in [4.78, 5) is 17.7. The molecule has 1 saturated heterocycles. The SMILES string of the molecule is COc1cc2c(cc1OC)CN(C(=O)c1cnn3ccc(N4CCCC4)cc13)CC2.Fc1ccc(F)cc1. The Hall–Kier alpha value is -4.14. The zero-order chi connectivity index (χ0) is 26.6. The lowest BCUT2D eigenvalue weighted by Crippen LogP contribution is -2.36. The van der Waals surface area contributed by atoms with Crippen molar-refractivity contribution in [2.45, 2.75) is 25.8 Å². The fraction of sp³-hybridized carbons (Fsp3) is 0.310. The number of aromatic nitrogens is 2. The number of pyridine rings is 1. The van der Waals surface area contributed by atoms with E-state index in [1.807, 2.05) is 23.2 Å². The minimum atomic E-state index is -0.411. The summed E-state index contributed by atoms with van der Waals surface area (Å²) in [5, 5.41) is 4.41. The van der Waals surface area contributed by atoms with Crippen LogP contribution in [0, 0.1) is 11.6 Å². The summed E-state index contributed by atoms with van der Waals surface area (Å²) < 4.78 is 36.5. The Morgan fingerprint density at radius 2 is 1.50 bits per heavy atom. The molecule has 1 amide bonds. The third kappa shape index (κ3) is 5.27. The van der Waals surface area contributed by atoms with Gasteiger partial charge in [0.05, 0.1) is 31.5 Å². The summed E-state index contributed by atoms with van der Waals surface area (Å²) in [6, 6.07) is 12.5. The first-order valence-electron chi connectivity index (χ1n) is 12.6. The molecule has 0 unspecified atom stereocenters. The van der Waals surface area contributed by atoms with E-state index in [-0.39, 0.29) is 5.91 Å². The van der Waals surface area contributed by atoms with E-state index in [0.717, 1.165) is 66.3 Å². The molecular formula is C29H30F2N4O3. The molecule has 0 N–H and O–H groups in total. The summed E-state index contributed by atoms with van der Waals surface area (Å²) in [5.74, 6) is 0.617. The second kappa shape index (κ2) is 11.1. The summed E-state index contributed by atoms with van der Waals surface area (Å²) >= 11 is 0. The molecule has 2 aliphatic rings. The van der Waals surface area contributed by atoms with Gasteiger partial charge in [-0.2, -0.15) is 5.10 Å². The van der Waals surface area contributed by atoms with Gasteiger partial charge in [-0.15, -0.1) is 0 Å². The Bertz CT molecular complexity index is 1410. The summed E-state index contributed by atoms with van der Waals surface area (Å²) in [5.41, 5.74) is 4.98. The van der Waals surface area contributed by atoms with Crippen molar-refractivity contribution < 1.29 is 23.0 Å². The molecule has 198 valence electrons. The number of nitrogens with zero attached hydrogens (tertiary/aromatic N) is 4. The van der Waals surface area contributed by atoms with Crippen LogP contribution in [0.3, 0.4) is 0 Å². The second-order valence-electron chi connectivity index (χ2n) is 9.36. The maximum Gasteiger partial charge on any atom is 0.258 e. The van der Waals surface area contributed by atoms with E-state index < -0.39 is 11.6 Å². The third-order valence-electron chi connectivity index (χ3n) is 7.02. The van der Waals surface area contributed by atoms with E-state index in [1.54, 1.807) is 24.9 Å². The monoisotopic (exact) mass is 520 g/mol. The molecule has 2 aromatic heterocycles. The van der Waals surface area contributed by atoms with Crippen LogP contribution in [0.1, 0.15) is 34.3 Å². The van der Waals surface area contributed by atoms with Crippen molar-refractivity contribution in [3.8, 4) is 11.5 Å². The van der Waals surface area contributed by atoms with Crippen molar-refractivity contribution in [2.24, 2.45) is 0 Å². The first-order chi connectivity index (χ1) is 18.5. The Balaban J connectivity index is 0.000000316. The van der Waals surface area contributed by atoms with Gasteiger partial charge in [0, 0.05) is 38.1 Å². The maximum atomic E-state index is 13.4. The third-order valence-corrected chi connectivity index (χ3v) is 7.02. The normalized spacial score (nSPS) is 14.6. The fourth-order valence-electron chi connectivity index (χ4n) is 4.96. The van der Waals surface area contributed by atoms with Crippen LogP contribution >= 0.6 is 0 Å². The number of anilines is 1. The number of rotatable bonds is 4. The Labute approximate surface area is 220 Å². The summed E-state index contributed by atoms with van der Waals surface area (Å²) in [6.07, 6.45) is 6.87. The Kier molecular flexibility index (Phi) is 7.44. The highest BCUT2D eigenvalue weighted by Gasteiger charge is 2.26. The molecule has 9 heteroatoms. The van der Waals surface area contributed by atoms with Crippen LogP contribution in [0.4, 0.5) is 14.5 Å². The first-order valence-corrected chi connectivity index (χ1v) is 12.6. The highest BCUT2D eigenvalue weighted by Crippen LogP contribution is 2.34. The van der Waals surface area contributed by atoms with Crippen LogP contribution in [0.25, 0.3) is 5.52 Å². The van der Waals surface area contributed by atoms with Crippen molar-refractivity contribution in [3.63, 3.8) is 0 Å². The molecule has 1 fully saturated rings. The number of benzene rings is 2. The number of carbonyl (C=O) groups excluding carboxylic acids is 1. The van der Waals surface area contributed by atoms with Crippen molar-refractivity contribution in [1.82, 2.24) is 14.5 Å². The topological polar surface area (TPSA) is 59.3 Å². The molecule has 4 aromatic rings. The number of hydrogen-bond acceptors (Lipinski definition) is 5. The van der Waals surface area contributed by atoms with E-state index in [4.69, 9.17) is 9.47 Å². The highest BCUT2D eigenvalue weighted by atomic mass is 19.1. The molecule has 0 saturated carbocycles. The average molecular weight is 521 g/mol. The van der Waals surface area contributed by atoms with E-state index in [9.17, 15) is 13.6 Å². The predicted octanol–water partition coefficient (Wildman–Crippen LogP) is 5.12. The smallest absolute Gasteiger partial charge is 0.258 e. The van der Waals surface area contributed by atoms with Crippen molar-refractivity contribution >= 4 is 17.1 Å². The van der Waals surface area contributed by atoms with Gasteiger partial charge in [-0.25, -0.2) is 13.3 Å². The molecule has 0 spiro atoms. The van der Waals surface area contributed by atoms with Gasteiger partial charge < -0.3 is 19.3 Å². The molecule has 4 heterocycles. The molecule has 0 radical (unpaired) electrons. The minimum absolute atomic E-state index is 0.0176. The van der Waals surface area contributed by atoms with E-state index in [2.05, 4.69) is 22.1 Å². The molecule has 0 aliphatic carbocycles. The van der Waals surface area contributed by atoms with Crippen LogP contribution in [0.5, 0.6) is 11.5 Å². The molecule has 6 rings (SSSR count). The molecule has 0 atom stereocenters. The van der Waals surface area contributed by atoms with Gasteiger partial charge in [-0.05, 0) is 78.9 Å². The molecule has 38 heavy (non-hydrogen) atoms. The Morgan fingerprint density at radius 3 is 2.13 bits per heavy atom. The van der Waals surface area contributed by atoms with Crippen LogP contribution in [-0.4, -0.2) is 54.3 Å². The molecule has 0 bridgehead atoms. The quantitative estimate of drug-likeness (QED) is 0.374. The van der Waals surface area contributed by atoms with Crippen molar-refractivity contribution in [1.29, 1.82) is 0 Å². The fourth-order valence-corrected chi connectivity index (χ4v) is 4.96. The number of halogens is 2. The maximum absolute atomic E-state index is 13.4. The van der Waals surface area contributed by atoms with Gasteiger partial charge in [0.1, 0.15) is 11.6 Å². The molecule has 2 aromatic carbocycles. The number of methoxy groups -OCH3 is 2. The van der Waals surface area contributed by atoms with Crippen LogP contribution < -0.4 is 14.4 Å². The van der Waals surface area contributed by atoms with E-state index in [1.165, 1.54) is 18.4 Å². The van der Waals surface area contributed by atoms with Gasteiger partial charge in [0.15, 0.2) is 11.5 Å². The lowest BCUT2D eigenvalue weighted by atomic mass is 9.98.